The average Bonchev–Trinajstić information content (AvgIpc) is 2.29. The van der Waals surface area contributed by atoms with Crippen LogP contribution in [0.25, 0.3) is 0 Å². The summed E-state index contributed by atoms with van der Waals surface area (Å²) in [6, 6.07) is -0.0358. The number of esters is 1. The molecule has 0 aromatic rings. The molecule has 1 saturated carbocycles. The maximum absolute atomic E-state index is 11.8. The van der Waals surface area contributed by atoms with Gasteiger partial charge in [0.1, 0.15) is 0 Å². The van der Waals surface area contributed by atoms with E-state index in [1.54, 1.807) is 6.92 Å². The minimum Gasteiger partial charge on any atom is -0.466 e. The third-order valence-electron chi connectivity index (χ3n) is 3.09. The first kappa shape index (κ1) is 14.0. The van der Waals surface area contributed by atoms with Crippen molar-refractivity contribution >= 4 is 11.9 Å². The van der Waals surface area contributed by atoms with Gasteiger partial charge in [-0.25, -0.2) is 0 Å². The zero-order valence-corrected chi connectivity index (χ0v) is 10.4. The topological polar surface area (TPSA) is 81.4 Å². The van der Waals surface area contributed by atoms with Crippen molar-refractivity contribution < 1.29 is 14.3 Å². The second kappa shape index (κ2) is 7.27. The lowest BCUT2D eigenvalue weighted by Crippen LogP contribution is -2.44. The standard InChI is InChI=1S/C12H22N2O3/c1-2-17-11(15)7-8-14-12(16)9-5-3-4-6-10(9)13/h9-10H,2-8,13H2,1H3,(H,14,16). The third-order valence-corrected chi connectivity index (χ3v) is 3.09. The Morgan fingerprint density at radius 2 is 2.06 bits per heavy atom. The van der Waals surface area contributed by atoms with Gasteiger partial charge in [-0.3, -0.25) is 9.59 Å². The Balaban J connectivity index is 2.22. The number of ether oxygens (including phenoxy) is 1. The van der Waals surface area contributed by atoms with Crippen molar-refractivity contribution in [2.24, 2.45) is 11.7 Å². The fourth-order valence-electron chi connectivity index (χ4n) is 2.14. The zero-order chi connectivity index (χ0) is 12.7. The van der Waals surface area contributed by atoms with Crippen LogP contribution in [0.3, 0.4) is 0 Å². The predicted molar refractivity (Wildman–Crippen MR) is 64.2 cm³/mol. The van der Waals surface area contributed by atoms with Crippen LogP contribution in [0.2, 0.25) is 0 Å². The number of rotatable bonds is 5. The van der Waals surface area contributed by atoms with E-state index in [-0.39, 0.29) is 30.3 Å². The molecule has 1 rings (SSSR count). The second-order valence-corrected chi connectivity index (χ2v) is 4.40. The molecule has 1 aliphatic rings. The lowest BCUT2D eigenvalue weighted by molar-refractivity contribution is -0.143. The minimum atomic E-state index is -0.277. The Morgan fingerprint density at radius 3 is 2.71 bits per heavy atom. The lowest BCUT2D eigenvalue weighted by Gasteiger charge is -2.27. The molecule has 0 radical (unpaired) electrons. The summed E-state index contributed by atoms with van der Waals surface area (Å²) in [5.74, 6) is -0.395. The largest absolute Gasteiger partial charge is 0.466 e. The first-order valence-electron chi connectivity index (χ1n) is 6.34. The average molecular weight is 242 g/mol. The van der Waals surface area contributed by atoms with E-state index in [0.717, 1.165) is 25.7 Å². The molecule has 1 amide bonds. The van der Waals surface area contributed by atoms with Gasteiger partial charge in [0.05, 0.1) is 18.9 Å². The van der Waals surface area contributed by atoms with Crippen molar-refractivity contribution in [1.29, 1.82) is 0 Å². The number of hydrogen-bond donors (Lipinski definition) is 2. The Kier molecular flexibility index (Phi) is 5.97. The molecule has 0 aromatic heterocycles. The van der Waals surface area contributed by atoms with Crippen molar-refractivity contribution in [1.82, 2.24) is 5.32 Å². The van der Waals surface area contributed by atoms with Crippen LogP contribution in [0.5, 0.6) is 0 Å². The molecule has 0 aliphatic heterocycles. The van der Waals surface area contributed by atoms with E-state index in [9.17, 15) is 9.59 Å². The number of amides is 1. The summed E-state index contributed by atoms with van der Waals surface area (Å²) in [5.41, 5.74) is 5.91. The first-order chi connectivity index (χ1) is 8.15. The smallest absolute Gasteiger partial charge is 0.307 e. The van der Waals surface area contributed by atoms with E-state index < -0.39 is 0 Å². The highest BCUT2D eigenvalue weighted by Gasteiger charge is 2.27. The van der Waals surface area contributed by atoms with Crippen molar-refractivity contribution in [3.8, 4) is 0 Å². The van der Waals surface area contributed by atoms with Crippen LogP contribution >= 0.6 is 0 Å². The Labute approximate surface area is 102 Å². The van der Waals surface area contributed by atoms with Crippen LogP contribution in [0.4, 0.5) is 0 Å². The molecule has 98 valence electrons. The maximum atomic E-state index is 11.8. The number of carbonyl (C=O) groups is 2. The van der Waals surface area contributed by atoms with Gasteiger partial charge in [-0.05, 0) is 19.8 Å². The maximum Gasteiger partial charge on any atom is 0.307 e. The number of hydrogen-bond acceptors (Lipinski definition) is 4. The monoisotopic (exact) mass is 242 g/mol. The molecule has 5 heteroatoms. The van der Waals surface area contributed by atoms with Crippen LogP contribution in [-0.2, 0) is 14.3 Å². The summed E-state index contributed by atoms with van der Waals surface area (Å²) >= 11 is 0. The lowest BCUT2D eigenvalue weighted by atomic mass is 9.84. The molecular formula is C12H22N2O3. The molecule has 17 heavy (non-hydrogen) atoms. The van der Waals surface area contributed by atoms with Gasteiger partial charge in [0, 0.05) is 12.6 Å². The van der Waals surface area contributed by atoms with Crippen LogP contribution in [0, 0.1) is 5.92 Å². The highest BCUT2D eigenvalue weighted by atomic mass is 16.5. The molecule has 1 aliphatic carbocycles. The summed E-state index contributed by atoms with van der Waals surface area (Å²) < 4.78 is 4.78. The number of nitrogens with one attached hydrogen (secondary N) is 1. The Morgan fingerprint density at radius 1 is 1.35 bits per heavy atom. The quantitative estimate of drug-likeness (QED) is 0.691. The van der Waals surface area contributed by atoms with E-state index in [1.165, 1.54) is 0 Å². The van der Waals surface area contributed by atoms with Crippen molar-refractivity contribution in [3.05, 3.63) is 0 Å². The summed E-state index contributed by atoms with van der Waals surface area (Å²) in [7, 11) is 0. The van der Waals surface area contributed by atoms with E-state index >= 15 is 0 Å². The van der Waals surface area contributed by atoms with Crippen LogP contribution < -0.4 is 11.1 Å². The molecule has 0 saturated heterocycles. The molecule has 0 spiro atoms. The Hall–Kier alpha value is -1.10. The summed E-state index contributed by atoms with van der Waals surface area (Å²) in [5, 5.41) is 2.75. The second-order valence-electron chi connectivity index (χ2n) is 4.40. The van der Waals surface area contributed by atoms with Gasteiger partial charge in [0.2, 0.25) is 5.91 Å². The van der Waals surface area contributed by atoms with Gasteiger partial charge in [0.25, 0.3) is 0 Å². The van der Waals surface area contributed by atoms with Gasteiger partial charge < -0.3 is 15.8 Å². The Bertz CT molecular complexity index is 268. The SMILES string of the molecule is CCOC(=O)CCNC(=O)C1CCCCC1N. The molecular weight excluding hydrogens is 220 g/mol. The zero-order valence-electron chi connectivity index (χ0n) is 10.4. The molecule has 0 bridgehead atoms. The highest BCUT2D eigenvalue weighted by Crippen LogP contribution is 2.22. The minimum absolute atomic E-state index is 0.0264. The normalized spacial score (nSPS) is 24.1. The number of carbonyl (C=O) groups excluding carboxylic acids is 2. The van der Waals surface area contributed by atoms with Gasteiger partial charge in [0.15, 0.2) is 0 Å². The fourth-order valence-corrected chi connectivity index (χ4v) is 2.14. The van der Waals surface area contributed by atoms with E-state index in [4.69, 9.17) is 10.5 Å². The first-order valence-corrected chi connectivity index (χ1v) is 6.34. The molecule has 1 fully saturated rings. The highest BCUT2D eigenvalue weighted by molar-refractivity contribution is 5.80. The third kappa shape index (κ3) is 4.73. The molecule has 0 aromatic carbocycles. The summed E-state index contributed by atoms with van der Waals surface area (Å²) in [6.07, 6.45) is 4.15. The summed E-state index contributed by atoms with van der Waals surface area (Å²) in [4.78, 5) is 22.9. The molecule has 0 heterocycles. The van der Waals surface area contributed by atoms with Gasteiger partial charge in [-0.1, -0.05) is 12.8 Å². The van der Waals surface area contributed by atoms with E-state index in [2.05, 4.69) is 5.32 Å². The van der Waals surface area contributed by atoms with Crippen molar-refractivity contribution in [2.45, 2.75) is 45.1 Å². The molecule has 2 atom stereocenters. The number of nitrogens with two attached hydrogens (primary N) is 1. The van der Waals surface area contributed by atoms with Gasteiger partial charge >= 0.3 is 5.97 Å². The summed E-state index contributed by atoms with van der Waals surface area (Å²) in [6.45, 7) is 2.47. The van der Waals surface area contributed by atoms with Crippen LogP contribution in [0.1, 0.15) is 39.0 Å². The van der Waals surface area contributed by atoms with Crippen LogP contribution in [0.15, 0.2) is 0 Å². The molecule has 2 unspecified atom stereocenters. The van der Waals surface area contributed by atoms with E-state index in [1.807, 2.05) is 0 Å². The predicted octanol–water partition coefficient (Wildman–Crippen LogP) is 0.573. The molecule has 3 N–H and O–H groups in total. The van der Waals surface area contributed by atoms with Crippen LogP contribution in [-0.4, -0.2) is 31.1 Å². The van der Waals surface area contributed by atoms with Gasteiger partial charge in [-0.2, -0.15) is 0 Å². The molecule has 5 nitrogen and oxygen atoms in total. The van der Waals surface area contributed by atoms with E-state index in [0.29, 0.717) is 13.2 Å². The van der Waals surface area contributed by atoms with Gasteiger partial charge in [-0.15, -0.1) is 0 Å². The fraction of sp³-hybridized carbons (Fsp3) is 0.833. The van der Waals surface area contributed by atoms with Crippen molar-refractivity contribution in [3.63, 3.8) is 0 Å². The van der Waals surface area contributed by atoms with Crippen molar-refractivity contribution in [2.75, 3.05) is 13.2 Å².